The summed E-state index contributed by atoms with van der Waals surface area (Å²) >= 11 is 0. The zero-order valence-electron chi connectivity index (χ0n) is 14.4. The van der Waals surface area contributed by atoms with Crippen LogP contribution in [-0.2, 0) is 0 Å². The Morgan fingerprint density at radius 1 is 0.792 bits per heavy atom. The Hall–Kier alpha value is -2.62. The Morgan fingerprint density at radius 3 is 2.04 bits per heavy atom. The Kier molecular flexibility index (Phi) is 3.41. The summed E-state index contributed by atoms with van der Waals surface area (Å²) in [7, 11) is 0. The molecule has 0 spiro atoms. The first kappa shape index (κ1) is 14.9. The SMILES string of the molecule is CC(C)(C)Nc1ccccc1B1Nc2cccc3cccc(c23)N1. The van der Waals surface area contributed by atoms with Gasteiger partial charge in [-0.2, -0.15) is 0 Å². The van der Waals surface area contributed by atoms with Crippen LogP contribution in [0.25, 0.3) is 10.8 Å². The molecule has 0 saturated heterocycles. The fourth-order valence-electron chi connectivity index (χ4n) is 3.35. The maximum Gasteiger partial charge on any atom is 0.408 e. The van der Waals surface area contributed by atoms with Crippen LogP contribution in [0, 0.1) is 0 Å². The molecule has 120 valence electrons. The van der Waals surface area contributed by atoms with Gasteiger partial charge in [0.15, 0.2) is 0 Å². The molecule has 0 atom stereocenters. The van der Waals surface area contributed by atoms with E-state index < -0.39 is 0 Å². The highest BCUT2D eigenvalue weighted by molar-refractivity contribution is 6.81. The highest BCUT2D eigenvalue weighted by Crippen LogP contribution is 2.34. The molecule has 3 nitrogen and oxygen atoms in total. The molecule has 0 aliphatic carbocycles. The molecular weight excluding hydrogens is 293 g/mol. The first-order valence-electron chi connectivity index (χ1n) is 8.43. The zero-order chi connectivity index (χ0) is 16.7. The quantitative estimate of drug-likeness (QED) is 0.618. The molecule has 3 aromatic rings. The van der Waals surface area contributed by atoms with E-state index in [0.717, 1.165) is 5.69 Å². The third-order valence-electron chi connectivity index (χ3n) is 4.29. The molecule has 0 fully saturated rings. The molecule has 1 aliphatic heterocycles. The molecule has 0 radical (unpaired) electrons. The molecule has 1 heterocycles. The van der Waals surface area contributed by atoms with E-state index in [1.54, 1.807) is 0 Å². The van der Waals surface area contributed by atoms with Gasteiger partial charge in [-0.3, -0.25) is 0 Å². The van der Waals surface area contributed by atoms with Gasteiger partial charge in [0, 0.05) is 28.0 Å². The van der Waals surface area contributed by atoms with Crippen LogP contribution in [0.2, 0.25) is 0 Å². The van der Waals surface area contributed by atoms with Crippen molar-refractivity contribution in [3.05, 3.63) is 60.7 Å². The molecule has 0 amide bonds. The van der Waals surface area contributed by atoms with E-state index in [1.165, 1.54) is 27.6 Å². The van der Waals surface area contributed by atoms with Crippen molar-refractivity contribution in [1.29, 1.82) is 0 Å². The van der Waals surface area contributed by atoms with E-state index in [4.69, 9.17) is 0 Å². The van der Waals surface area contributed by atoms with Crippen molar-refractivity contribution >= 4 is 40.3 Å². The van der Waals surface area contributed by atoms with Crippen molar-refractivity contribution in [1.82, 2.24) is 0 Å². The smallest absolute Gasteiger partial charge is 0.405 e. The third kappa shape index (κ3) is 2.69. The molecule has 3 aromatic carbocycles. The van der Waals surface area contributed by atoms with E-state index in [9.17, 15) is 0 Å². The molecule has 24 heavy (non-hydrogen) atoms. The second kappa shape index (κ2) is 5.48. The summed E-state index contributed by atoms with van der Waals surface area (Å²) in [5, 5.41) is 13.4. The van der Waals surface area contributed by atoms with Gasteiger partial charge in [0.1, 0.15) is 0 Å². The highest BCUT2D eigenvalue weighted by atomic mass is 15.0. The second-order valence-corrected chi connectivity index (χ2v) is 7.39. The summed E-state index contributed by atoms with van der Waals surface area (Å²) < 4.78 is 0. The lowest BCUT2D eigenvalue weighted by atomic mass is 9.65. The van der Waals surface area contributed by atoms with Gasteiger partial charge in [-0.25, -0.2) is 0 Å². The first-order chi connectivity index (χ1) is 11.5. The fraction of sp³-hybridized carbons (Fsp3) is 0.200. The normalized spacial score (nSPS) is 13.4. The van der Waals surface area contributed by atoms with Crippen LogP contribution >= 0.6 is 0 Å². The van der Waals surface area contributed by atoms with Gasteiger partial charge in [-0.1, -0.05) is 42.5 Å². The van der Waals surface area contributed by atoms with Crippen LogP contribution < -0.4 is 21.2 Å². The molecule has 0 saturated carbocycles. The minimum Gasteiger partial charge on any atom is -0.405 e. The van der Waals surface area contributed by atoms with Crippen LogP contribution in [0.15, 0.2) is 60.7 Å². The minimum absolute atomic E-state index is 0.0166. The Balaban J connectivity index is 1.76. The molecule has 0 aromatic heterocycles. The number of benzene rings is 3. The standard InChI is InChI=1S/C20H22BN3/c1-20(2,3)22-16-11-5-4-10-15(16)21-23-17-12-6-8-14-9-7-13-18(24-21)19(14)17/h4-13,22-24H,1-3H3. The summed E-state index contributed by atoms with van der Waals surface area (Å²) in [6, 6.07) is 21.3. The number of hydrogen-bond acceptors (Lipinski definition) is 3. The molecule has 3 N–H and O–H groups in total. The number of anilines is 3. The molecule has 0 bridgehead atoms. The highest BCUT2D eigenvalue weighted by Gasteiger charge is 2.28. The van der Waals surface area contributed by atoms with Crippen LogP contribution in [-0.4, -0.2) is 12.5 Å². The second-order valence-electron chi connectivity index (χ2n) is 7.39. The summed E-state index contributed by atoms with van der Waals surface area (Å²) in [6.07, 6.45) is 0. The molecular formula is C20H22BN3. The number of rotatable bonds is 2. The summed E-state index contributed by atoms with van der Waals surface area (Å²) in [6.45, 7) is 6.58. The third-order valence-corrected chi connectivity index (χ3v) is 4.29. The number of hydrogen-bond donors (Lipinski definition) is 3. The first-order valence-corrected chi connectivity index (χ1v) is 8.43. The van der Waals surface area contributed by atoms with Crippen LogP contribution in [0.3, 0.4) is 0 Å². The van der Waals surface area contributed by atoms with Crippen LogP contribution in [0.1, 0.15) is 20.8 Å². The van der Waals surface area contributed by atoms with Crippen molar-refractivity contribution in [3.8, 4) is 0 Å². The van der Waals surface area contributed by atoms with E-state index in [2.05, 4.69) is 97.2 Å². The van der Waals surface area contributed by atoms with E-state index in [-0.39, 0.29) is 12.5 Å². The summed E-state index contributed by atoms with van der Waals surface area (Å²) in [5.74, 6) is 0. The van der Waals surface area contributed by atoms with Crippen molar-refractivity contribution in [2.24, 2.45) is 0 Å². The Labute approximate surface area is 143 Å². The lowest BCUT2D eigenvalue weighted by Crippen LogP contribution is -2.49. The van der Waals surface area contributed by atoms with E-state index in [1.807, 2.05) is 0 Å². The van der Waals surface area contributed by atoms with Crippen molar-refractivity contribution in [3.63, 3.8) is 0 Å². The molecule has 4 heteroatoms. The van der Waals surface area contributed by atoms with E-state index >= 15 is 0 Å². The lowest BCUT2D eigenvalue weighted by Gasteiger charge is -2.30. The van der Waals surface area contributed by atoms with E-state index in [0.29, 0.717) is 0 Å². The van der Waals surface area contributed by atoms with Gasteiger partial charge in [0.05, 0.1) is 0 Å². The maximum absolute atomic E-state index is 3.65. The van der Waals surface area contributed by atoms with Gasteiger partial charge < -0.3 is 15.8 Å². The van der Waals surface area contributed by atoms with Gasteiger partial charge in [0.2, 0.25) is 0 Å². The van der Waals surface area contributed by atoms with Gasteiger partial charge in [0.25, 0.3) is 0 Å². The lowest BCUT2D eigenvalue weighted by molar-refractivity contribution is 0.635. The Bertz CT molecular complexity index is 858. The molecule has 0 unspecified atom stereocenters. The average molecular weight is 315 g/mol. The van der Waals surface area contributed by atoms with Crippen molar-refractivity contribution in [2.45, 2.75) is 26.3 Å². The number of nitrogens with one attached hydrogen (secondary N) is 3. The largest absolute Gasteiger partial charge is 0.408 e. The molecule has 1 aliphatic rings. The van der Waals surface area contributed by atoms with Gasteiger partial charge in [-0.05, 0) is 49.8 Å². The molecule has 4 rings (SSSR count). The number of para-hydroxylation sites is 1. The predicted molar refractivity (Wildman–Crippen MR) is 106 cm³/mol. The van der Waals surface area contributed by atoms with Crippen molar-refractivity contribution in [2.75, 3.05) is 15.8 Å². The zero-order valence-corrected chi connectivity index (χ0v) is 14.4. The monoisotopic (exact) mass is 315 g/mol. The van der Waals surface area contributed by atoms with Crippen LogP contribution in [0.5, 0.6) is 0 Å². The average Bonchev–Trinajstić information content (AvgIpc) is 2.54. The van der Waals surface area contributed by atoms with Crippen molar-refractivity contribution < 1.29 is 0 Å². The maximum atomic E-state index is 3.65. The topological polar surface area (TPSA) is 36.1 Å². The van der Waals surface area contributed by atoms with Gasteiger partial charge in [-0.15, -0.1) is 0 Å². The summed E-state index contributed by atoms with van der Waals surface area (Å²) in [5.41, 5.74) is 4.75. The van der Waals surface area contributed by atoms with Gasteiger partial charge >= 0.3 is 6.98 Å². The minimum atomic E-state index is 0.0166. The Morgan fingerprint density at radius 2 is 1.42 bits per heavy atom. The van der Waals surface area contributed by atoms with Crippen LogP contribution in [0.4, 0.5) is 17.1 Å². The predicted octanol–water partition coefficient (Wildman–Crippen LogP) is 4.28. The fourth-order valence-corrected chi connectivity index (χ4v) is 3.35. The summed E-state index contributed by atoms with van der Waals surface area (Å²) in [4.78, 5) is 0.